The highest BCUT2D eigenvalue weighted by Crippen LogP contribution is 2.32. The summed E-state index contributed by atoms with van der Waals surface area (Å²) in [5.41, 5.74) is 2.64. The van der Waals surface area contributed by atoms with E-state index in [0.29, 0.717) is 58.5 Å². The molecular weight excluding hydrogens is 497 g/mol. The first-order valence-electron chi connectivity index (χ1n) is 12.0. The Kier molecular flexibility index (Phi) is 7.99. The van der Waals surface area contributed by atoms with Gasteiger partial charge in [0.15, 0.2) is 0 Å². The second-order valence-corrected chi connectivity index (χ2v) is 8.85. The summed E-state index contributed by atoms with van der Waals surface area (Å²) in [6.07, 6.45) is -1.53. The lowest BCUT2D eigenvalue weighted by Crippen LogP contribution is -2.27. The van der Waals surface area contributed by atoms with Crippen LogP contribution in [0.1, 0.15) is 59.5 Å². The van der Waals surface area contributed by atoms with Crippen LogP contribution in [-0.4, -0.2) is 31.9 Å². The molecule has 2 aromatic heterocycles. The van der Waals surface area contributed by atoms with Crippen LogP contribution in [0.4, 0.5) is 13.2 Å². The lowest BCUT2D eigenvalue weighted by molar-refractivity contribution is -0.138. The van der Waals surface area contributed by atoms with Crippen LogP contribution in [0.2, 0.25) is 0 Å². The van der Waals surface area contributed by atoms with Crippen molar-refractivity contribution in [3.63, 3.8) is 0 Å². The van der Waals surface area contributed by atoms with Crippen molar-refractivity contribution in [2.45, 2.75) is 44.8 Å². The number of amides is 1. The van der Waals surface area contributed by atoms with Crippen LogP contribution in [0, 0.1) is 0 Å². The molecule has 4 rings (SSSR count). The average molecular weight is 523 g/mol. The maximum Gasteiger partial charge on any atom is 0.416 e. The lowest BCUT2D eigenvalue weighted by Gasteiger charge is -2.14. The highest BCUT2D eigenvalue weighted by Gasteiger charge is 2.30. The first kappa shape index (κ1) is 26.7. The number of carboxylic acids is 1. The van der Waals surface area contributed by atoms with Gasteiger partial charge in [0, 0.05) is 23.7 Å². The topological polar surface area (TPSA) is 105 Å². The number of alkyl halides is 3. The van der Waals surface area contributed by atoms with Crippen molar-refractivity contribution < 1.29 is 27.9 Å². The van der Waals surface area contributed by atoms with Gasteiger partial charge in [-0.05, 0) is 68.7 Å². The smallest absolute Gasteiger partial charge is 0.416 e. The number of carboxylic acid groups (broad SMARTS) is 1. The zero-order valence-corrected chi connectivity index (χ0v) is 20.5. The average Bonchev–Trinajstić information content (AvgIpc) is 2.90. The summed E-state index contributed by atoms with van der Waals surface area (Å²) in [7, 11) is 0. The quantitative estimate of drug-likeness (QED) is 0.261. The van der Waals surface area contributed by atoms with E-state index in [9.17, 15) is 22.8 Å². The number of benzene rings is 2. The van der Waals surface area contributed by atoms with Crippen molar-refractivity contribution in [1.29, 1.82) is 0 Å². The zero-order chi connectivity index (χ0) is 27.3. The number of halogens is 3. The van der Waals surface area contributed by atoms with Gasteiger partial charge >= 0.3 is 12.1 Å². The molecule has 2 N–H and O–H groups in total. The SMILES string of the molecule is C[C@@H](NC(=O)c1ccc2nc(-c3ccc(C(F)(F)F)cc3)c(CCCCC(=O)O)nc2c1)c1ccccn1. The number of nitrogens with one attached hydrogen (secondary N) is 1. The predicted molar refractivity (Wildman–Crippen MR) is 135 cm³/mol. The molecular formula is C28H25F3N4O3. The van der Waals surface area contributed by atoms with Crippen LogP contribution in [0.5, 0.6) is 0 Å². The van der Waals surface area contributed by atoms with Crippen LogP contribution in [-0.2, 0) is 17.4 Å². The molecule has 0 fully saturated rings. The van der Waals surface area contributed by atoms with E-state index < -0.39 is 17.7 Å². The van der Waals surface area contributed by atoms with Crippen molar-refractivity contribution >= 4 is 22.9 Å². The second-order valence-electron chi connectivity index (χ2n) is 8.85. The minimum atomic E-state index is -4.46. The summed E-state index contributed by atoms with van der Waals surface area (Å²) >= 11 is 0. The number of hydrogen-bond acceptors (Lipinski definition) is 5. The van der Waals surface area contributed by atoms with Gasteiger partial charge in [-0.3, -0.25) is 14.6 Å². The number of carbonyl (C=O) groups is 2. The van der Waals surface area contributed by atoms with Crippen LogP contribution < -0.4 is 5.32 Å². The molecule has 0 spiro atoms. The number of aliphatic carboxylic acids is 1. The number of aromatic nitrogens is 3. The summed E-state index contributed by atoms with van der Waals surface area (Å²) in [4.78, 5) is 37.4. The van der Waals surface area contributed by atoms with Crippen LogP contribution in [0.25, 0.3) is 22.3 Å². The Morgan fingerprint density at radius 2 is 1.74 bits per heavy atom. The summed E-state index contributed by atoms with van der Waals surface area (Å²) in [6.45, 7) is 1.83. The maximum atomic E-state index is 13.0. The van der Waals surface area contributed by atoms with Gasteiger partial charge in [-0.25, -0.2) is 9.97 Å². The minimum absolute atomic E-state index is 0.00457. The Morgan fingerprint density at radius 1 is 0.974 bits per heavy atom. The number of hydrogen-bond donors (Lipinski definition) is 2. The van der Waals surface area contributed by atoms with Gasteiger partial charge in [0.05, 0.1) is 39.7 Å². The van der Waals surface area contributed by atoms with Crippen molar-refractivity contribution in [2.75, 3.05) is 0 Å². The molecule has 0 aliphatic heterocycles. The molecule has 2 aromatic carbocycles. The third kappa shape index (κ3) is 6.50. The Hall–Kier alpha value is -4.34. The number of carbonyl (C=O) groups excluding carboxylic acids is 1. The lowest BCUT2D eigenvalue weighted by atomic mass is 10.0. The fraction of sp³-hybridized carbons (Fsp3) is 0.250. The van der Waals surface area contributed by atoms with Crippen LogP contribution in [0.15, 0.2) is 66.9 Å². The molecule has 4 aromatic rings. The molecule has 1 atom stereocenters. The standard InChI is InChI=1S/C28H25F3N4O3/c1-17(21-6-4-5-15-32-21)33-27(38)19-11-14-22-24(16-19)34-23(7-2-3-8-25(36)37)26(35-22)18-9-12-20(13-10-18)28(29,30)31/h4-6,9-17H,2-3,7-8H2,1H3,(H,33,38)(H,36,37)/t17-/m1/s1. The third-order valence-electron chi connectivity index (χ3n) is 6.02. The van der Waals surface area contributed by atoms with Gasteiger partial charge < -0.3 is 10.4 Å². The third-order valence-corrected chi connectivity index (χ3v) is 6.02. The van der Waals surface area contributed by atoms with E-state index in [1.807, 2.05) is 19.1 Å². The summed E-state index contributed by atoms with van der Waals surface area (Å²) < 4.78 is 39.1. The van der Waals surface area contributed by atoms with Crippen molar-refractivity contribution in [1.82, 2.24) is 20.3 Å². The Bertz CT molecular complexity index is 1440. The molecule has 7 nitrogen and oxygen atoms in total. The van der Waals surface area contributed by atoms with Gasteiger partial charge in [-0.2, -0.15) is 13.2 Å². The van der Waals surface area contributed by atoms with Crippen molar-refractivity contribution in [3.05, 3.63) is 89.4 Å². The number of nitrogens with zero attached hydrogens (tertiary/aromatic N) is 3. The molecule has 0 saturated heterocycles. The van der Waals surface area contributed by atoms with Crippen LogP contribution in [0.3, 0.4) is 0 Å². The zero-order valence-electron chi connectivity index (χ0n) is 20.5. The number of pyridine rings is 1. The van der Waals surface area contributed by atoms with Crippen molar-refractivity contribution in [3.8, 4) is 11.3 Å². The van der Waals surface area contributed by atoms with E-state index in [4.69, 9.17) is 10.1 Å². The van der Waals surface area contributed by atoms with Crippen LogP contribution >= 0.6 is 0 Å². The van der Waals surface area contributed by atoms with Gasteiger partial charge in [-0.1, -0.05) is 18.2 Å². The number of unbranched alkanes of at least 4 members (excludes halogenated alkanes) is 1. The maximum absolute atomic E-state index is 13.0. The Balaban J connectivity index is 1.65. The van der Waals surface area contributed by atoms with E-state index in [1.165, 1.54) is 12.1 Å². The number of aryl methyl sites for hydroxylation is 1. The molecule has 0 aliphatic rings. The van der Waals surface area contributed by atoms with Crippen molar-refractivity contribution in [2.24, 2.45) is 0 Å². The van der Waals surface area contributed by atoms with E-state index in [-0.39, 0.29) is 18.4 Å². The minimum Gasteiger partial charge on any atom is -0.481 e. The molecule has 0 aliphatic carbocycles. The van der Waals surface area contributed by atoms with E-state index in [0.717, 1.165) is 12.1 Å². The fourth-order valence-electron chi connectivity index (χ4n) is 4.01. The molecule has 196 valence electrons. The molecule has 10 heteroatoms. The van der Waals surface area contributed by atoms with Gasteiger partial charge in [0.25, 0.3) is 5.91 Å². The molecule has 0 radical (unpaired) electrons. The first-order chi connectivity index (χ1) is 18.1. The van der Waals surface area contributed by atoms with E-state index in [2.05, 4.69) is 15.3 Å². The molecule has 2 heterocycles. The summed E-state index contributed by atoms with van der Waals surface area (Å²) in [6, 6.07) is 14.7. The van der Waals surface area contributed by atoms with Gasteiger partial charge in [-0.15, -0.1) is 0 Å². The first-order valence-corrected chi connectivity index (χ1v) is 12.0. The largest absolute Gasteiger partial charge is 0.481 e. The molecule has 1 amide bonds. The fourth-order valence-corrected chi connectivity index (χ4v) is 4.01. The van der Waals surface area contributed by atoms with Gasteiger partial charge in [0.2, 0.25) is 0 Å². The Morgan fingerprint density at radius 3 is 2.39 bits per heavy atom. The second kappa shape index (κ2) is 11.4. The molecule has 0 unspecified atom stereocenters. The predicted octanol–water partition coefficient (Wildman–Crippen LogP) is 6.00. The normalized spacial score (nSPS) is 12.3. The Labute approximate surface area is 216 Å². The molecule has 0 bridgehead atoms. The van der Waals surface area contributed by atoms with Gasteiger partial charge in [0.1, 0.15) is 0 Å². The monoisotopic (exact) mass is 522 g/mol. The number of fused-ring (bicyclic) bond motifs is 1. The highest BCUT2D eigenvalue weighted by molar-refractivity contribution is 5.97. The van der Waals surface area contributed by atoms with E-state index >= 15 is 0 Å². The molecule has 38 heavy (non-hydrogen) atoms. The summed E-state index contributed by atoms with van der Waals surface area (Å²) in [5.74, 6) is -1.23. The highest BCUT2D eigenvalue weighted by atomic mass is 19.4. The summed E-state index contributed by atoms with van der Waals surface area (Å²) in [5, 5.41) is 11.8. The molecule has 0 saturated carbocycles. The number of rotatable bonds is 9. The van der Waals surface area contributed by atoms with E-state index in [1.54, 1.807) is 30.5 Å².